The van der Waals surface area contributed by atoms with Crippen molar-refractivity contribution >= 4 is 21.5 Å². The highest BCUT2D eigenvalue weighted by molar-refractivity contribution is 7.91. The maximum Gasteiger partial charge on any atom is 0.182 e. The van der Waals surface area contributed by atoms with Gasteiger partial charge >= 0.3 is 0 Å². The minimum Gasteiger partial charge on any atom is -0.394 e. The van der Waals surface area contributed by atoms with Crippen molar-refractivity contribution in [3.05, 3.63) is 0 Å². The fourth-order valence-electron chi connectivity index (χ4n) is 1.45. The number of aliphatic hydroxyl groups is 1. The van der Waals surface area contributed by atoms with Crippen molar-refractivity contribution in [2.24, 2.45) is 0 Å². The Morgan fingerprint density at radius 2 is 2.18 bits per heavy atom. The fourth-order valence-corrected chi connectivity index (χ4v) is 2.40. The molecule has 0 fully saturated rings. The first-order chi connectivity index (χ1) is 7.91. The van der Waals surface area contributed by atoms with Crippen LogP contribution in [-0.2, 0) is 16.4 Å². The van der Waals surface area contributed by atoms with E-state index in [-0.39, 0.29) is 29.7 Å². The van der Waals surface area contributed by atoms with E-state index in [0.29, 0.717) is 6.54 Å². The molecule has 4 N–H and O–H groups in total. The number of aliphatic hydroxyl groups excluding tert-OH is 1. The lowest BCUT2D eigenvalue weighted by molar-refractivity contribution is 0.270. The van der Waals surface area contributed by atoms with E-state index in [4.69, 9.17) is 10.8 Å². The van der Waals surface area contributed by atoms with Crippen LogP contribution in [0, 0.1) is 0 Å². The van der Waals surface area contributed by atoms with Crippen LogP contribution in [-0.4, -0.2) is 42.7 Å². The van der Waals surface area contributed by atoms with Crippen LogP contribution in [0.2, 0.25) is 0 Å². The lowest BCUT2D eigenvalue weighted by atomic mass is 10.4. The summed E-state index contributed by atoms with van der Waals surface area (Å²) < 4.78 is 24.5. The van der Waals surface area contributed by atoms with Crippen molar-refractivity contribution in [3.63, 3.8) is 0 Å². The van der Waals surface area contributed by atoms with Gasteiger partial charge in [-0.25, -0.2) is 13.1 Å². The summed E-state index contributed by atoms with van der Waals surface area (Å²) in [5.41, 5.74) is 5.72. The molecule has 0 amide bonds. The van der Waals surface area contributed by atoms with Crippen molar-refractivity contribution in [1.29, 1.82) is 0 Å². The molecule has 0 aliphatic heterocycles. The molecule has 1 rings (SSSR count). The maximum absolute atomic E-state index is 11.6. The Labute approximate surface area is 101 Å². The van der Waals surface area contributed by atoms with Crippen LogP contribution in [0.3, 0.4) is 0 Å². The summed E-state index contributed by atoms with van der Waals surface area (Å²) in [6.07, 6.45) is 1.93. The highest BCUT2D eigenvalue weighted by Crippen LogP contribution is 2.26. The van der Waals surface area contributed by atoms with E-state index in [2.05, 4.69) is 10.4 Å². The van der Waals surface area contributed by atoms with Gasteiger partial charge in [-0.1, -0.05) is 6.92 Å². The number of aromatic nitrogens is 2. The molecule has 0 aliphatic carbocycles. The van der Waals surface area contributed by atoms with Crippen molar-refractivity contribution in [2.75, 3.05) is 30.5 Å². The molecule has 0 saturated carbocycles. The van der Waals surface area contributed by atoms with Crippen LogP contribution in [0.1, 0.15) is 13.3 Å². The number of nitrogens with two attached hydrogens (primary N) is 1. The molecule has 0 spiro atoms. The van der Waals surface area contributed by atoms with E-state index in [0.717, 1.165) is 12.7 Å². The molecule has 1 aromatic heterocycles. The highest BCUT2D eigenvalue weighted by Gasteiger charge is 2.23. The van der Waals surface area contributed by atoms with Gasteiger partial charge in [0.25, 0.3) is 0 Å². The molecular formula is C9H18N4O3S. The van der Waals surface area contributed by atoms with Gasteiger partial charge in [-0.3, -0.25) is 0 Å². The zero-order chi connectivity index (χ0) is 13.1. The predicted octanol–water partition coefficient (Wildman–Crippen LogP) is -0.317. The number of nitrogens with one attached hydrogen (secondary N) is 1. The number of hydrogen-bond donors (Lipinski definition) is 3. The molecule has 0 bridgehead atoms. The first-order valence-corrected chi connectivity index (χ1v) is 7.22. The van der Waals surface area contributed by atoms with Gasteiger partial charge in [0.15, 0.2) is 20.6 Å². The Morgan fingerprint density at radius 1 is 1.53 bits per heavy atom. The van der Waals surface area contributed by atoms with Gasteiger partial charge in [0, 0.05) is 12.8 Å². The van der Waals surface area contributed by atoms with E-state index in [1.54, 1.807) is 0 Å². The summed E-state index contributed by atoms with van der Waals surface area (Å²) in [5, 5.41) is 15.8. The zero-order valence-corrected chi connectivity index (χ0v) is 10.8. The number of anilines is 2. The molecule has 0 aliphatic rings. The lowest BCUT2D eigenvalue weighted by Crippen LogP contribution is -2.09. The molecule has 0 aromatic carbocycles. The normalized spacial score (nSPS) is 11.7. The fraction of sp³-hybridized carbons (Fsp3) is 0.667. The van der Waals surface area contributed by atoms with Crippen LogP contribution in [0.15, 0.2) is 4.90 Å². The Kier molecular flexibility index (Phi) is 4.35. The summed E-state index contributed by atoms with van der Waals surface area (Å²) in [4.78, 5) is -0.000556. The number of nitrogens with zero attached hydrogens (tertiary/aromatic N) is 2. The first-order valence-electron chi connectivity index (χ1n) is 5.32. The third-order valence-corrected chi connectivity index (χ3v) is 3.32. The minimum atomic E-state index is -3.44. The topological polar surface area (TPSA) is 110 Å². The average molecular weight is 262 g/mol. The van der Waals surface area contributed by atoms with Crippen LogP contribution < -0.4 is 11.1 Å². The second-order valence-corrected chi connectivity index (χ2v) is 5.66. The number of hydrogen-bond acceptors (Lipinski definition) is 6. The largest absolute Gasteiger partial charge is 0.394 e. The van der Waals surface area contributed by atoms with Gasteiger partial charge in [-0.2, -0.15) is 5.10 Å². The summed E-state index contributed by atoms with van der Waals surface area (Å²) in [7, 11) is -3.44. The minimum absolute atomic E-state index is 0.000556. The first kappa shape index (κ1) is 13.8. The number of rotatable bonds is 6. The summed E-state index contributed by atoms with van der Waals surface area (Å²) in [6, 6.07) is 0. The highest BCUT2D eigenvalue weighted by atomic mass is 32.2. The molecule has 1 aromatic rings. The van der Waals surface area contributed by atoms with Gasteiger partial charge in [-0.15, -0.1) is 0 Å². The van der Waals surface area contributed by atoms with Gasteiger partial charge in [0.05, 0.1) is 13.2 Å². The maximum atomic E-state index is 11.6. The molecule has 98 valence electrons. The zero-order valence-electron chi connectivity index (χ0n) is 9.97. The van der Waals surface area contributed by atoms with Crippen LogP contribution in [0.5, 0.6) is 0 Å². The van der Waals surface area contributed by atoms with Gasteiger partial charge in [-0.05, 0) is 6.42 Å². The van der Waals surface area contributed by atoms with Crippen LogP contribution in [0.4, 0.5) is 11.6 Å². The molecule has 0 atom stereocenters. The quantitative estimate of drug-likeness (QED) is 0.648. The van der Waals surface area contributed by atoms with Gasteiger partial charge < -0.3 is 16.2 Å². The van der Waals surface area contributed by atoms with Gasteiger partial charge in [0.2, 0.25) is 0 Å². The van der Waals surface area contributed by atoms with E-state index in [1.165, 1.54) is 4.68 Å². The summed E-state index contributed by atoms with van der Waals surface area (Å²) in [5.74, 6) is 0.306. The second kappa shape index (κ2) is 5.37. The monoisotopic (exact) mass is 262 g/mol. The van der Waals surface area contributed by atoms with Crippen LogP contribution >= 0.6 is 0 Å². The molecule has 0 radical (unpaired) electrons. The smallest absolute Gasteiger partial charge is 0.182 e. The summed E-state index contributed by atoms with van der Waals surface area (Å²) >= 11 is 0. The molecule has 7 nitrogen and oxygen atoms in total. The molecular weight excluding hydrogens is 244 g/mol. The van der Waals surface area contributed by atoms with E-state index < -0.39 is 9.84 Å². The van der Waals surface area contributed by atoms with Crippen molar-refractivity contribution in [1.82, 2.24) is 9.78 Å². The van der Waals surface area contributed by atoms with E-state index >= 15 is 0 Å². The molecule has 17 heavy (non-hydrogen) atoms. The van der Waals surface area contributed by atoms with Crippen molar-refractivity contribution in [2.45, 2.75) is 24.8 Å². The third kappa shape index (κ3) is 3.10. The SMILES string of the molecule is CCCNc1nn(CCO)c(N)c1S(C)(=O)=O. The third-order valence-electron chi connectivity index (χ3n) is 2.17. The van der Waals surface area contributed by atoms with Gasteiger partial charge in [0.1, 0.15) is 5.82 Å². The Bertz CT molecular complexity index is 481. The Morgan fingerprint density at radius 3 is 2.65 bits per heavy atom. The number of sulfone groups is 1. The second-order valence-electron chi connectivity index (χ2n) is 3.71. The van der Waals surface area contributed by atoms with E-state index in [1.807, 2.05) is 6.92 Å². The standard InChI is InChI=1S/C9H18N4O3S/c1-3-4-11-9-7(17(2,15)16)8(10)13(12-9)5-6-14/h14H,3-6,10H2,1-2H3,(H,11,12). The Hall–Kier alpha value is -1.28. The predicted molar refractivity (Wildman–Crippen MR) is 65.6 cm³/mol. The van der Waals surface area contributed by atoms with Crippen molar-refractivity contribution < 1.29 is 13.5 Å². The van der Waals surface area contributed by atoms with Crippen molar-refractivity contribution in [3.8, 4) is 0 Å². The lowest BCUT2D eigenvalue weighted by Gasteiger charge is -2.02. The molecule has 8 heteroatoms. The number of nitrogen functional groups attached to an aromatic ring is 1. The average Bonchev–Trinajstić information content (AvgIpc) is 2.53. The Balaban J connectivity index is 3.22. The van der Waals surface area contributed by atoms with Crippen LogP contribution in [0.25, 0.3) is 0 Å². The van der Waals surface area contributed by atoms with E-state index in [9.17, 15) is 8.42 Å². The molecule has 0 unspecified atom stereocenters. The summed E-state index contributed by atoms with van der Waals surface area (Å²) in [6.45, 7) is 2.59. The molecule has 1 heterocycles. The molecule has 0 saturated heterocycles.